The summed E-state index contributed by atoms with van der Waals surface area (Å²) in [4.78, 5) is 31.1. The second kappa shape index (κ2) is 8.31. The molecule has 5 nitrogen and oxygen atoms in total. The molecule has 0 radical (unpaired) electrons. The Morgan fingerprint density at radius 3 is 2.62 bits per heavy atom. The predicted molar refractivity (Wildman–Crippen MR) is 107 cm³/mol. The highest BCUT2D eigenvalue weighted by atomic mass is 19.1. The van der Waals surface area contributed by atoms with E-state index in [0.717, 1.165) is 36.9 Å². The third-order valence-corrected chi connectivity index (χ3v) is 6.28. The lowest BCUT2D eigenvalue weighted by Crippen LogP contribution is -2.42. The number of benzene rings is 1. The number of carbonyl (C=O) groups excluding carboxylic acids is 2. The summed E-state index contributed by atoms with van der Waals surface area (Å²) in [5, 5.41) is 3.10. The van der Waals surface area contributed by atoms with E-state index < -0.39 is 0 Å². The van der Waals surface area contributed by atoms with Crippen LogP contribution in [0.15, 0.2) is 48.7 Å². The van der Waals surface area contributed by atoms with Gasteiger partial charge in [-0.2, -0.15) is 0 Å². The molecular formula is C23H26FN3O2. The Kier molecular flexibility index (Phi) is 5.60. The number of hydrogen-bond donors (Lipinski definition) is 1. The first-order valence-corrected chi connectivity index (χ1v) is 10.3. The molecule has 1 aromatic carbocycles. The molecule has 6 heteroatoms. The minimum atomic E-state index is -0.335. The van der Waals surface area contributed by atoms with E-state index in [1.165, 1.54) is 12.1 Å². The first kappa shape index (κ1) is 19.6. The minimum Gasteiger partial charge on any atom is -0.355 e. The van der Waals surface area contributed by atoms with Gasteiger partial charge in [-0.25, -0.2) is 4.39 Å². The summed E-state index contributed by atoms with van der Waals surface area (Å²) in [7, 11) is 0. The molecule has 2 fully saturated rings. The second-order valence-corrected chi connectivity index (χ2v) is 8.21. The quantitative estimate of drug-likeness (QED) is 0.817. The first-order valence-electron chi connectivity index (χ1n) is 10.3. The minimum absolute atomic E-state index is 0.00934. The second-order valence-electron chi connectivity index (χ2n) is 8.21. The molecule has 1 saturated heterocycles. The van der Waals surface area contributed by atoms with Crippen LogP contribution in [0.4, 0.5) is 4.39 Å². The molecule has 2 aromatic rings. The van der Waals surface area contributed by atoms with Crippen molar-refractivity contribution in [3.63, 3.8) is 0 Å². The Bertz CT molecular complexity index is 863. The average molecular weight is 395 g/mol. The maximum atomic E-state index is 13.3. The van der Waals surface area contributed by atoms with Gasteiger partial charge in [-0.3, -0.25) is 14.6 Å². The van der Waals surface area contributed by atoms with Crippen molar-refractivity contribution in [1.82, 2.24) is 15.2 Å². The Morgan fingerprint density at radius 2 is 1.93 bits per heavy atom. The SMILES string of the molecule is O=C(NCC1(c2ccc(F)cc2)CCCC1)C1CC(=O)N(Cc2ccccn2)C1. The van der Waals surface area contributed by atoms with Gasteiger partial charge in [0.25, 0.3) is 0 Å². The van der Waals surface area contributed by atoms with Crippen LogP contribution < -0.4 is 5.32 Å². The Morgan fingerprint density at radius 1 is 1.17 bits per heavy atom. The normalized spacial score (nSPS) is 20.8. The van der Waals surface area contributed by atoms with Crippen molar-refractivity contribution < 1.29 is 14.0 Å². The van der Waals surface area contributed by atoms with E-state index in [1.54, 1.807) is 11.1 Å². The third kappa shape index (κ3) is 4.31. The number of aromatic nitrogens is 1. The summed E-state index contributed by atoms with van der Waals surface area (Å²) in [6.07, 6.45) is 6.11. The molecule has 0 spiro atoms. The number of nitrogens with zero attached hydrogens (tertiary/aromatic N) is 2. The van der Waals surface area contributed by atoms with E-state index in [4.69, 9.17) is 0 Å². The van der Waals surface area contributed by atoms with Crippen LogP contribution in [0.5, 0.6) is 0 Å². The number of halogens is 1. The van der Waals surface area contributed by atoms with Gasteiger partial charge in [-0.15, -0.1) is 0 Å². The van der Waals surface area contributed by atoms with E-state index >= 15 is 0 Å². The zero-order chi connectivity index (χ0) is 20.3. The molecule has 1 aromatic heterocycles. The van der Waals surface area contributed by atoms with Crippen LogP contribution in [0.3, 0.4) is 0 Å². The van der Waals surface area contributed by atoms with Gasteiger partial charge < -0.3 is 10.2 Å². The fourth-order valence-electron chi connectivity index (χ4n) is 4.61. The summed E-state index contributed by atoms with van der Waals surface area (Å²) >= 11 is 0. The van der Waals surface area contributed by atoms with E-state index in [9.17, 15) is 14.0 Å². The van der Waals surface area contributed by atoms with E-state index in [2.05, 4.69) is 10.3 Å². The van der Waals surface area contributed by atoms with Crippen molar-refractivity contribution in [2.45, 2.75) is 44.1 Å². The molecule has 1 saturated carbocycles. The van der Waals surface area contributed by atoms with Crippen LogP contribution in [0.1, 0.15) is 43.4 Å². The summed E-state index contributed by atoms with van der Waals surface area (Å²) in [6, 6.07) is 12.3. The van der Waals surface area contributed by atoms with Gasteiger partial charge in [0.2, 0.25) is 11.8 Å². The standard InChI is InChI=1S/C23H26FN3O2/c24-19-8-6-18(7-9-19)23(10-2-3-11-23)16-26-22(29)17-13-21(28)27(14-17)15-20-5-1-4-12-25-20/h1,4-9,12,17H,2-3,10-11,13-16H2,(H,26,29). The van der Waals surface area contributed by atoms with Crippen LogP contribution in [0.2, 0.25) is 0 Å². The number of pyridine rings is 1. The van der Waals surface area contributed by atoms with Crippen LogP contribution in [-0.4, -0.2) is 34.8 Å². The topological polar surface area (TPSA) is 62.3 Å². The fourth-order valence-corrected chi connectivity index (χ4v) is 4.61. The van der Waals surface area contributed by atoms with Gasteiger partial charge in [-0.05, 0) is 42.7 Å². The Hall–Kier alpha value is -2.76. The number of likely N-dealkylation sites (tertiary alicyclic amines) is 1. The summed E-state index contributed by atoms with van der Waals surface area (Å²) in [5.41, 5.74) is 1.76. The zero-order valence-corrected chi connectivity index (χ0v) is 16.4. The first-order chi connectivity index (χ1) is 14.1. The number of nitrogens with one attached hydrogen (secondary N) is 1. The van der Waals surface area contributed by atoms with E-state index in [1.807, 2.05) is 30.3 Å². The molecule has 152 valence electrons. The molecular weight excluding hydrogens is 369 g/mol. The van der Waals surface area contributed by atoms with Crippen LogP contribution in [0.25, 0.3) is 0 Å². The molecule has 1 N–H and O–H groups in total. The number of amides is 2. The lowest BCUT2D eigenvalue weighted by molar-refractivity contribution is -0.129. The summed E-state index contributed by atoms with van der Waals surface area (Å²) < 4.78 is 13.3. The van der Waals surface area contributed by atoms with Gasteiger partial charge in [0.1, 0.15) is 5.82 Å². The molecule has 1 unspecified atom stereocenters. The summed E-state index contributed by atoms with van der Waals surface area (Å²) in [6.45, 7) is 1.39. The molecule has 2 aliphatic rings. The van der Waals surface area contributed by atoms with E-state index in [0.29, 0.717) is 19.6 Å². The fraction of sp³-hybridized carbons (Fsp3) is 0.435. The molecule has 1 aliphatic carbocycles. The molecule has 4 rings (SSSR count). The maximum Gasteiger partial charge on any atom is 0.225 e. The third-order valence-electron chi connectivity index (χ3n) is 6.28. The smallest absolute Gasteiger partial charge is 0.225 e. The molecule has 1 atom stereocenters. The monoisotopic (exact) mass is 395 g/mol. The van der Waals surface area contributed by atoms with Crippen molar-refractivity contribution >= 4 is 11.8 Å². The van der Waals surface area contributed by atoms with Crippen LogP contribution in [-0.2, 0) is 21.5 Å². The molecule has 0 bridgehead atoms. The number of carbonyl (C=O) groups is 2. The largest absolute Gasteiger partial charge is 0.355 e. The van der Waals surface area contributed by atoms with Gasteiger partial charge in [0.05, 0.1) is 18.2 Å². The zero-order valence-electron chi connectivity index (χ0n) is 16.4. The van der Waals surface area contributed by atoms with Gasteiger partial charge in [0.15, 0.2) is 0 Å². The number of rotatable bonds is 6. The van der Waals surface area contributed by atoms with Crippen LogP contribution in [0, 0.1) is 11.7 Å². The van der Waals surface area contributed by atoms with Gasteiger partial charge in [0, 0.05) is 31.1 Å². The van der Waals surface area contributed by atoms with Crippen LogP contribution >= 0.6 is 0 Å². The maximum absolute atomic E-state index is 13.3. The van der Waals surface area contributed by atoms with Crippen molar-refractivity contribution in [1.29, 1.82) is 0 Å². The predicted octanol–water partition coefficient (Wildman–Crippen LogP) is 3.20. The molecule has 29 heavy (non-hydrogen) atoms. The Labute approximate surface area is 170 Å². The summed E-state index contributed by atoms with van der Waals surface area (Å²) in [5.74, 6) is -0.665. The number of hydrogen-bond acceptors (Lipinski definition) is 3. The molecule has 2 amide bonds. The van der Waals surface area contributed by atoms with Crippen molar-refractivity contribution in [2.24, 2.45) is 5.92 Å². The molecule has 1 aliphatic heterocycles. The van der Waals surface area contributed by atoms with Crippen molar-refractivity contribution in [3.8, 4) is 0 Å². The Balaban J connectivity index is 1.37. The van der Waals surface area contributed by atoms with E-state index in [-0.39, 0.29) is 35.4 Å². The lowest BCUT2D eigenvalue weighted by Gasteiger charge is -2.30. The van der Waals surface area contributed by atoms with Crippen molar-refractivity contribution in [2.75, 3.05) is 13.1 Å². The highest BCUT2D eigenvalue weighted by Gasteiger charge is 2.38. The highest BCUT2D eigenvalue weighted by Crippen LogP contribution is 2.40. The van der Waals surface area contributed by atoms with Gasteiger partial charge in [-0.1, -0.05) is 31.0 Å². The lowest BCUT2D eigenvalue weighted by atomic mass is 9.78. The highest BCUT2D eigenvalue weighted by molar-refractivity contribution is 5.89. The molecule has 2 heterocycles. The average Bonchev–Trinajstić information content (AvgIpc) is 3.36. The van der Waals surface area contributed by atoms with Crippen molar-refractivity contribution in [3.05, 3.63) is 65.7 Å². The van der Waals surface area contributed by atoms with Gasteiger partial charge >= 0.3 is 0 Å².